The van der Waals surface area contributed by atoms with Crippen LogP contribution in [0.4, 0.5) is 5.69 Å². The molecule has 0 fully saturated rings. The smallest absolute Gasteiger partial charge is 0.224 e. The molecule has 0 saturated heterocycles. The molecule has 0 radical (unpaired) electrons. The zero-order chi connectivity index (χ0) is 11.3. The molecule has 15 heavy (non-hydrogen) atoms. The van der Waals surface area contributed by atoms with E-state index in [9.17, 15) is 4.79 Å². The van der Waals surface area contributed by atoms with Gasteiger partial charge in [0, 0.05) is 15.7 Å². The normalized spacial score (nSPS) is 10.1. The quantitative estimate of drug-likeness (QED) is 0.843. The van der Waals surface area contributed by atoms with Crippen LogP contribution in [0.25, 0.3) is 0 Å². The maximum Gasteiger partial charge on any atom is 0.224 e. The van der Waals surface area contributed by atoms with E-state index < -0.39 is 0 Å². The summed E-state index contributed by atoms with van der Waals surface area (Å²) in [4.78, 5) is 11.5. The van der Waals surface area contributed by atoms with E-state index in [0.717, 1.165) is 24.1 Å². The second-order valence-corrected chi connectivity index (χ2v) is 4.73. The van der Waals surface area contributed by atoms with Gasteiger partial charge in [-0.3, -0.25) is 4.79 Å². The molecule has 1 rings (SSSR count). The molecular formula is C12H16INO. The Hall–Kier alpha value is -0.580. The van der Waals surface area contributed by atoms with Crippen LogP contribution in [0.1, 0.15) is 31.7 Å². The first-order valence-electron chi connectivity index (χ1n) is 5.20. The lowest BCUT2D eigenvalue weighted by Gasteiger charge is -2.09. The van der Waals surface area contributed by atoms with Crippen LogP contribution in [0.3, 0.4) is 0 Å². The molecule has 0 aliphatic carbocycles. The molecule has 0 bridgehead atoms. The Labute approximate surface area is 105 Å². The van der Waals surface area contributed by atoms with Gasteiger partial charge >= 0.3 is 0 Å². The molecule has 0 aliphatic rings. The summed E-state index contributed by atoms with van der Waals surface area (Å²) < 4.78 is 1.18. The lowest BCUT2D eigenvalue weighted by molar-refractivity contribution is -0.116. The van der Waals surface area contributed by atoms with Crippen LogP contribution < -0.4 is 5.32 Å². The van der Waals surface area contributed by atoms with Crippen LogP contribution >= 0.6 is 22.6 Å². The van der Waals surface area contributed by atoms with Crippen molar-refractivity contribution >= 4 is 34.2 Å². The number of carbonyl (C=O) groups is 1. The molecule has 0 aromatic heterocycles. The molecule has 0 aliphatic heterocycles. The van der Waals surface area contributed by atoms with E-state index in [-0.39, 0.29) is 5.91 Å². The molecule has 0 saturated carbocycles. The van der Waals surface area contributed by atoms with E-state index in [1.807, 2.05) is 25.1 Å². The highest BCUT2D eigenvalue weighted by Crippen LogP contribution is 2.20. The topological polar surface area (TPSA) is 29.1 Å². The second kappa shape index (κ2) is 6.10. The van der Waals surface area contributed by atoms with Crippen molar-refractivity contribution in [3.8, 4) is 0 Å². The van der Waals surface area contributed by atoms with Crippen molar-refractivity contribution in [1.82, 2.24) is 0 Å². The van der Waals surface area contributed by atoms with Gasteiger partial charge in [-0.05, 0) is 53.6 Å². The Bertz CT molecular complexity index is 349. The number of halogens is 1. The maximum atomic E-state index is 11.5. The summed E-state index contributed by atoms with van der Waals surface area (Å²) in [5.74, 6) is 0.113. The molecule has 1 aromatic rings. The van der Waals surface area contributed by atoms with Crippen LogP contribution in [0, 0.1) is 10.5 Å². The van der Waals surface area contributed by atoms with Crippen LogP contribution in [0.15, 0.2) is 18.2 Å². The summed E-state index contributed by atoms with van der Waals surface area (Å²) in [6.07, 6.45) is 2.62. The number of hydrogen-bond acceptors (Lipinski definition) is 1. The van der Waals surface area contributed by atoms with Crippen LogP contribution in [0.2, 0.25) is 0 Å². The van der Waals surface area contributed by atoms with Gasteiger partial charge in [-0.2, -0.15) is 0 Å². The average molecular weight is 317 g/mol. The fourth-order valence-corrected chi connectivity index (χ4v) is 1.79. The number of rotatable bonds is 4. The van der Waals surface area contributed by atoms with Gasteiger partial charge in [0.2, 0.25) is 5.91 Å². The maximum absolute atomic E-state index is 11.5. The molecular weight excluding hydrogens is 301 g/mol. The highest BCUT2D eigenvalue weighted by Gasteiger charge is 2.05. The number of amides is 1. The van der Waals surface area contributed by atoms with Crippen LogP contribution in [0.5, 0.6) is 0 Å². The fourth-order valence-electron chi connectivity index (χ4n) is 1.29. The Morgan fingerprint density at radius 1 is 1.47 bits per heavy atom. The lowest BCUT2D eigenvalue weighted by atomic mass is 10.2. The molecule has 1 aromatic carbocycles. The number of unbranched alkanes of at least 4 members (excludes halogenated alkanes) is 1. The van der Waals surface area contributed by atoms with Crippen LogP contribution in [-0.2, 0) is 4.79 Å². The van der Waals surface area contributed by atoms with Crippen molar-refractivity contribution in [2.45, 2.75) is 33.1 Å². The molecule has 1 N–H and O–H groups in total. The third-order valence-corrected chi connectivity index (χ3v) is 3.47. The van der Waals surface area contributed by atoms with E-state index in [1.165, 1.54) is 3.57 Å². The van der Waals surface area contributed by atoms with Gasteiger partial charge in [0.05, 0.1) is 0 Å². The van der Waals surface area contributed by atoms with Gasteiger partial charge in [-0.25, -0.2) is 0 Å². The first kappa shape index (κ1) is 12.5. The van der Waals surface area contributed by atoms with Gasteiger partial charge < -0.3 is 5.32 Å². The summed E-state index contributed by atoms with van der Waals surface area (Å²) in [7, 11) is 0. The number of anilines is 1. The highest BCUT2D eigenvalue weighted by molar-refractivity contribution is 14.1. The summed E-state index contributed by atoms with van der Waals surface area (Å²) in [5.41, 5.74) is 2.07. The molecule has 1 amide bonds. The van der Waals surface area contributed by atoms with Gasteiger partial charge in [-0.15, -0.1) is 0 Å². The predicted molar refractivity (Wildman–Crippen MR) is 72.1 cm³/mol. The number of carbonyl (C=O) groups excluding carboxylic acids is 1. The monoisotopic (exact) mass is 317 g/mol. The third-order valence-electron chi connectivity index (χ3n) is 2.30. The van der Waals surface area contributed by atoms with E-state index in [1.54, 1.807) is 0 Å². The molecule has 0 spiro atoms. The zero-order valence-corrected chi connectivity index (χ0v) is 11.3. The SMILES string of the molecule is CCCCC(=O)Nc1cccc(I)c1C. The van der Waals surface area contributed by atoms with Gasteiger partial charge in [0.1, 0.15) is 0 Å². The van der Waals surface area contributed by atoms with Crippen molar-refractivity contribution in [3.05, 3.63) is 27.3 Å². The Balaban J connectivity index is 2.64. The van der Waals surface area contributed by atoms with Gasteiger partial charge in [0.25, 0.3) is 0 Å². The van der Waals surface area contributed by atoms with E-state index in [0.29, 0.717) is 6.42 Å². The standard InChI is InChI=1S/C12H16INO/c1-3-4-8-12(15)14-11-7-5-6-10(13)9(11)2/h5-7H,3-4,8H2,1-2H3,(H,14,15). The van der Waals surface area contributed by atoms with Crippen molar-refractivity contribution in [2.75, 3.05) is 5.32 Å². The van der Waals surface area contributed by atoms with Gasteiger partial charge in [-0.1, -0.05) is 19.4 Å². The molecule has 0 atom stereocenters. The first-order chi connectivity index (χ1) is 7.15. The van der Waals surface area contributed by atoms with Crippen molar-refractivity contribution in [1.29, 1.82) is 0 Å². The molecule has 3 heteroatoms. The minimum atomic E-state index is 0.113. The Morgan fingerprint density at radius 2 is 2.20 bits per heavy atom. The third kappa shape index (κ3) is 3.81. The highest BCUT2D eigenvalue weighted by atomic mass is 127. The minimum absolute atomic E-state index is 0.113. The summed E-state index contributed by atoms with van der Waals surface area (Å²) >= 11 is 2.27. The number of hydrogen-bond donors (Lipinski definition) is 1. The van der Waals surface area contributed by atoms with E-state index in [4.69, 9.17) is 0 Å². The van der Waals surface area contributed by atoms with Crippen molar-refractivity contribution < 1.29 is 4.79 Å². The van der Waals surface area contributed by atoms with E-state index in [2.05, 4.69) is 34.8 Å². The number of benzene rings is 1. The lowest BCUT2D eigenvalue weighted by Crippen LogP contribution is -2.12. The average Bonchev–Trinajstić information content (AvgIpc) is 2.22. The minimum Gasteiger partial charge on any atom is -0.326 e. The largest absolute Gasteiger partial charge is 0.326 e. The number of nitrogens with one attached hydrogen (secondary N) is 1. The zero-order valence-electron chi connectivity index (χ0n) is 9.14. The predicted octanol–water partition coefficient (Wildman–Crippen LogP) is 3.73. The van der Waals surface area contributed by atoms with Gasteiger partial charge in [0.15, 0.2) is 0 Å². The van der Waals surface area contributed by atoms with Crippen LogP contribution in [-0.4, -0.2) is 5.91 Å². The molecule has 0 heterocycles. The first-order valence-corrected chi connectivity index (χ1v) is 6.28. The molecule has 2 nitrogen and oxygen atoms in total. The summed E-state index contributed by atoms with van der Waals surface area (Å²) in [5, 5.41) is 2.94. The molecule has 82 valence electrons. The van der Waals surface area contributed by atoms with Crippen molar-refractivity contribution in [3.63, 3.8) is 0 Å². The van der Waals surface area contributed by atoms with Crippen molar-refractivity contribution in [2.24, 2.45) is 0 Å². The Morgan fingerprint density at radius 3 is 2.87 bits per heavy atom. The van der Waals surface area contributed by atoms with E-state index >= 15 is 0 Å². The summed E-state index contributed by atoms with van der Waals surface area (Å²) in [6, 6.07) is 5.95. The molecule has 0 unspecified atom stereocenters. The fraction of sp³-hybridized carbons (Fsp3) is 0.417. The Kier molecular flexibility index (Phi) is 5.08. The second-order valence-electron chi connectivity index (χ2n) is 3.56. The summed E-state index contributed by atoms with van der Waals surface area (Å²) in [6.45, 7) is 4.11.